The molecular formula is C58H78Cl3N14O8S2-. The van der Waals surface area contributed by atoms with Crippen molar-refractivity contribution < 1.29 is 35.8 Å². The van der Waals surface area contributed by atoms with E-state index in [0.29, 0.717) is 52.1 Å². The summed E-state index contributed by atoms with van der Waals surface area (Å²) >= 11 is 18.1. The van der Waals surface area contributed by atoms with E-state index < -0.39 is 20.0 Å². The predicted molar refractivity (Wildman–Crippen MR) is 348 cm³/mol. The number of rotatable bonds is 18. The fourth-order valence-corrected chi connectivity index (χ4v) is 10.7. The highest BCUT2D eigenvalue weighted by molar-refractivity contribution is 7.92. The van der Waals surface area contributed by atoms with Crippen LogP contribution >= 0.6 is 34.8 Å². The van der Waals surface area contributed by atoms with E-state index in [1.165, 1.54) is 56.8 Å². The van der Waals surface area contributed by atoms with Gasteiger partial charge in [0.2, 0.25) is 31.3 Å². The third-order valence-electron chi connectivity index (χ3n) is 13.6. The van der Waals surface area contributed by atoms with E-state index in [2.05, 4.69) is 132 Å². The SMILES string of the molecule is COc1cc(N2CCC(N(C)C)CC2)c(C)cc1N.COc1ccc(Nc2nc(Cl)ncc2Cl)c(NS(C)(=O)=O)c1.COc1ccc(Nc2nc(Nc3cc(C)c(N4CCC(N(C)C)CC4)cc3OC)ncc2Cl)c(NS(C)(=O)=O)c1.[CH2-]C#CC. The molecule has 2 aliphatic heterocycles. The van der Waals surface area contributed by atoms with E-state index in [1.807, 2.05) is 18.2 Å². The number of hydrogen-bond acceptors (Lipinski definition) is 20. The molecule has 0 spiro atoms. The van der Waals surface area contributed by atoms with Crippen LogP contribution in [0.4, 0.5) is 63.1 Å². The number of halogens is 3. The zero-order chi connectivity index (χ0) is 62.8. The molecule has 0 unspecified atom stereocenters. The number of nitrogens with two attached hydrogens (primary N) is 1. The van der Waals surface area contributed by atoms with Gasteiger partial charge in [-0.25, -0.2) is 26.8 Å². The lowest BCUT2D eigenvalue weighted by molar-refractivity contribution is 0.249. The molecule has 0 bridgehead atoms. The smallest absolute Gasteiger partial charge is 0.229 e. The van der Waals surface area contributed by atoms with Gasteiger partial charge in [-0.15, -0.1) is 0 Å². The second-order valence-corrected chi connectivity index (χ2v) is 24.8. The van der Waals surface area contributed by atoms with Crippen LogP contribution in [-0.4, -0.2) is 154 Å². The van der Waals surface area contributed by atoms with Crippen LogP contribution in [0.5, 0.6) is 23.0 Å². The number of sulfonamides is 2. The fraction of sp³-hybridized carbons (Fsp3) is 0.397. The highest BCUT2D eigenvalue weighted by atomic mass is 35.5. The molecule has 0 amide bonds. The normalized spacial score (nSPS) is 13.5. The van der Waals surface area contributed by atoms with Gasteiger partial charge in [0.15, 0.2) is 11.6 Å². The van der Waals surface area contributed by atoms with E-state index >= 15 is 0 Å². The first-order valence-electron chi connectivity index (χ1n) is 26.7. The van der Waals surface area contributed by atoms with Crippen molar-refractivity contribution in [3.8, 4) is 34.8 Å². The second-order valence-electron chi connectivity index (χ2n) is 20.2. The van der Waals surface area contributed by atoms with Crippen molar-refractivity contribution in [1.82, 2.24) is 29.7 Å². The highest BCUT2D eigenvalue weighted by Gasteiger charge is 2.25. The lowest BCUT2D eigenvalue weighted by Gasteiger charge is -2.37. The summed E-state index contributed by atoms with van der Waals surface area (Å²) < 4.78 is 73.0. The van der Waals surface area contributed by atoms with Gasteiger partial charge in [-0.05, 0) is 127 Å². The zero-order valence-corrected chi connectivity index (χ0v) is 54.2. The van der Waals surface area contributed by atoms with Crippen LogP contribution in [0.1, 0.15) is 43.7 Å². The topological polar surface area (TPSA) is 256 Å². The van der Waals surface area contributed by atoms with Crippen LogP contribution in [0.25, 0.3) is 0 Å². The Morgan fingerprint density at radius 2 is 1.02 bits per heavy atom. The summed E-state index contributed by atoms with van der Waals surface area (Å²) in [5.74, 6) is 8.24. The van der Waals surface area contributed by atoms with Gasteiger partial charge in [-0.3, -0.25) is 15.4 Å². The first-order valence-corrected chi connectivity index (χ1v) is 31.6. The lowest BCUT2D eigenvalue weighted by atomic mass is 10.0. The van der Waals surface area contributed by atoms with Crippen LogP contribution < -0.4 is 59.9 Å². The molecule has 2 aromatic heterocycles. The average molecular weight is 1270 g/mol. The predicted octanol–water partition coefficient (Wildman–Crippen LogP) is 10.7. The molecule has 0 radical (unpaired) electrons. The first-order chi connectivity index (χ1) is 40.2. The van der Waals surface area contributed by atoms with Crippen LogP contribution in [0.3, 0.4) is 0 Å². The van der Waals surface area contributed by atoms with E-state index in [9.17, 15) is 16.8 Å². The molecule has 0 aliphatic carbocycles. The highest BCUT2D eigenvalue weighted by Crippen LogP contribution is 2.39. The molecule has 0 atom stereocenters. The maximum atomic E-state index is 11.9. The van der Waals surface area contributed by atoms with Gasteiger partial charge >= 0.3 is 0 Å². The third-order valence-corrected chi connectivity index (χ3v) is 15.5. The molecule has 2 saturated heterocycles. The molecule has 6 aromatic rings. The molecule has 4 aromatic carbocycles. The standard InChI is InChI=1S/C27H36ClN7O4S.C15H25N3O.C12H12Cl2N4O3S.C4H5/c1-17-13-23(25(39-5)15-24(17)35-11-9-18(10-12-35)34(2)3)31-27-29-16-20(28)26(32-27)30-21-8-7-19(38-4)14-22(21)33-40(6,36)37;1-11-9-13(16)15(19-4)10-14(11)18-7-5-12(6-8-18)17(2)3;1-21-7-3-4-9(10(5-7)18-22(2,19)20)16-11-8(13)6-15-12(14)17-11;1-3-4-2/h7-8,13-16,18,33H,9-12H2,1-6H3,(H2,29,30,31,32);9-10,12H,5-8,16H2,1-4H3;3-6,18H,1-2H3,(H,15,16,17);1H2,2H3/q;;;-1. The van der Waals surface area contributed by atoms with E-state index in [1.54, 1.807) is 51.5 Å². The number of benzene rings is 4. The summed E-state index contributed by atoms with van der Waals surface area (Å²) in [6, 6.07) is 19.2. The average Bonchev–Trinajstić information content (AvgIpc) is 3.03. The second kappa shape index (κ2) is 31.8. The number of ether oxygens (including phenoxy) is 4. The number of hydrogen-bond donors (Lipinski definition) is 6. The molecule has 2 aliphatic rings. The Bertz CT molecular complexity index is 3500. The minimum atomic E-state index is -3.55. The zero-order valence-electron chi connectivity index (χ0n) is 50.3. The maximum Gasteiger partial charge on any atom is 0.229 e. The van der Waals surface area contributed by atoms with Crippen molar-refractivity contribution in [2.75, 3.05) is 136 Å². The van der Waals surface area contributed by atoms with Crippen LogP contribution in [0, 0.1) is 32.6 Å². The summed E-state index contributed by atoms with van der Waals surface area (Å²) in [6.45, 7) is 13.3. The Morgan fingerprint density at radius 3 is 1.44 bits per heavy atom. The van der Waals surface area contributed by atoms with Gasteiger partial charge in [-0.2, -0.15) is 16.9 Å². The quantitative estimate of drug-likeness (QED) is 0.0202. The Balaban J connectivity index is 0.000000246. The summed E-state index contributed by atoms with van der Waals surface area (Å²) in [5.41, 5.74) is 13.5. The molecule has 462 valence electrons. The maximum absolute atomic E-state index is 11.9. The van der Waals surface area contributed by atoms with Gasteiger partial charge in [-0.1, -0.05) is 30.1 Å². The minimum Gasteiger partial charge on any atom is -0.497 e. The Morgan fingerprint density at radius 1 is 0.600 bits per heavy atom. The van der Waals surface area contributed by atoms with Crippen molar-refractivity contribution in [2.45, 2.75) is 58.5 Å². The summed E-state index contributed by atoms with van der Waals surface area (Å²) in [7, 11) is 7.86. The number of aromatic nitrogens is 4. The van der Waals surface area contributed by atoms with Gasteiger partial charge in [0.1, 0.15) is 33.0 Å². The summed E-state index contributed by atoms with van der Waals surface area (Å²) in [4.78, 5) is 26.0. The van der Waals surface area contributed by atoms with Crippen molar-refractivity contribution in [3.63, 3.8) is 0 Å². The molecule has 4 heterocycles. The molecule has 27 heteroatoms. The molecule has 8 rings (SSSR count). The number of anilines is 11. The third kappa shape index (κ3) is 20.8. The summed E-state index contributed by atoms with van der Waals surface area (Å²) in [6.07, 6.45) is 9.56. The summed E-state index contributed by atoms with van der Waals surface area (Å²) in [5, 5.41) is 9.75. The van der Waals surface area contributed by atoms with Gasteiger partial charge in [0.05, 0.1) is 87.5 Å². The van der Waals surface area contributed by atoms with Crippen molar-refractivity contribution >= 4 is 118 Å². The number of nitrogen functional groups attached to an aromatic ring is 1. The Kier molecular flexibility index (Phi) is 25.6. The lowest BCUT2D eigenvalue weighted by Crippen LogP contribution is -2.42. The van der Waals surface area contributed by atoms with Crippen molar-refractivity contribution in [2.24, 2.45) is 0 Å². The number of methoxy groups -OCH3 is 4. The number of nitrogens with one attached hydrogen (secondary N) is 5. The first kappa shape index (κ1) is 68.5. The van der Waals surface area contributed by atoms with Crippen LogP contribution in [0.15, 0.2) is 73.1 Å². The molecular weight excluding hydrogens is 1190 g/mol. The van der Waals surface area contributed by atoms with Crippen LogP contribution in [-0.2, 0) is 20.0 Å². The molecule has 85 heavy (non-hydrogen) atoms. The van der Waals surface area contributed by atoms with Gasteiger partial charge in [0.25, 0.3) is 0 Å². The number of piperidine rings is 2. The minimum absolute atomic E-state index is 0.0121. The largest absolute Gasteiger partial charge is 0.497 e. The van der Waals surface area contributed by atoms with Gasteiger partial charge in [0, 0.05) is 73.9 Å². The van der Waals surface area contributed by atoms with Crippen molar-refractivity contribution in [3.05, 3.63) is 106 Å². The van der Waals surface area contributed by atoms with Gasteiger partial charge < -0.3 is 66.2 Å². The van der Waals surface area contributed by atoms with E-state index in [0.717, 1.165) is 68.5 Å². The fourth-order valence-electron chi connectivity index (χ4n) is 9.16. The van der Waals surface area contributed by atoms with Crippen molar-refractivity contribution in [1.29, 1.82) is 0 Å². The molecule has 22 nitrogen and oxygen atoms in total. The van der Waals surface area contributed by atoms with E-state index in [4.69, 9.17) is 59.5 Å². The monoisotopic (exact) mass is 1270 g/mol. The van der Waals surface area contributed by atoms with E-state index in [-0.39, 0.29) is 44.3 Å². The molecule has 2 fully saturated rings. The Labute approximate surface area is 516 Å². The number of nitrogens with zero attached hydrogens (tertiary/aromatic N) is 8. The number of aryl methyl sites for hydroxylation is 2. The molecule has 7 N–H and O–H groups in total. The van der Waals surface area contributed by atoms with Crippen LogP contribution in [0.2, 0.25) is 15.3 Å². The molecule has 0 saturated carbocycles. The Hall–Kier alpha value is -7.24.